The Labute approximate surface area is 162 Å². The molecule has 0 unspecified atom stereocenters. The molecule has 0 radical (unpaired) electrons. The van der Waals surface area contributed by atoms with Gasteiger partial charge in [-0.3, -0.25) is 14.6 Å². The summed E-state index contributed by atoms with van der Waals surface area (Å²) in [4.78, 5) is 20.5. The van der Waals surface area contributed by atoms with E-state index in [2.05, 4.69) is 21.6 Å². The molecule has 1 atom stereocenters. The van der Waals surface area contributed by atoms with Crippen LogP contribution in [0.5, 0.6) is 0 Å². The predicted octanol–water partition coefficient (Wildman–Crippen LogP) is 2.06. The summed E-state index contributed by atoms with van der Waals surface area (Å²) in [5, 5.41) is 0. The van der Waals surface area contributed by atoms with Gasteiger partial charge in [0, 0.05) is 57.4 Å². The highest BCUT2D eigenvalue weighted by molar-refractivity contribution is 5.86. The molecule has 2 spiro atoms. The Balaban J connectivity index is 1.51. The number of hydrogen-bond donors (Lipinski definition) is 0. The quantitative estimate of drug-likeness (QED) is 0.762. The molecule has 4 rings (SSSR count). The smallest absolute Gasteiger partial charge is 0.230 e. The van der Waals surface area contributed by atoms with E-state index in [4.69, 9.17) is 9.15 Å². The first-order valence-corrected chi connectivity index (χ1v) is 10.4. The first-order valence-electron chi connectivity index (χ1n) is 10.4. The minimum Gasteiger partial charge on any atom is -0.472 e. The maximum Gasteiger partial charge on any atom is 0.230 e. The molecular weight excluding hydrogens is 342 g/mol. The van der Waals surface area contributed by atoms with Crippen molar-refractivity contribution in [3.63, 3.8) is 0 Å². The number of nitrogens with zero attached hydrogens (tertiary/aromatic N) is 3. The normalized spacial score (nSPS) is 28.8. The number of hydrogen-bond acceptors (Lipinski definition) is 5. The van der Waals surface area contributed by atoms with Crippen molar-refractivity contribution in [2.75, 3.05) is 59.5 Å². The van der Waals surface area contributed by atoms with E-state index in [9.17, 15) is 4.79 Å². The van der Waals surface area contributed by atoms with Crippen molar-refractivity contribution in [3.05, 3.63) is 24.2 Å². The topological polar surface area (TPSA) is 49.2 Å². The lowest BCUT2D eigenvalue weighted by atomic mass is 9.60. The van der Waals surface area contributed by atoms with E-state index in [1.165, 1.54) is 5.56 Å². The molecule has 0 aromatic carbocycles. The van der Waals surface area contributed by atoms with Gasteiger partial charge in [-0.1, -0.05) is 0 Å². The number of likely N-dealkylation sites (tertiary alicyclic amines) is 3. The zero-order valence-corrected chi connectivity index (χ0v) is 16.8. The summed E-state index contributed by atoms with van der Waals surface area (Å²) >= 11 is 0. The number of fused-ring (bicyclic) bond motifs is 1. The Morgan fingerprint density at radius 3 is 2.59 bits per heavy atom. The summed E-state index contributed by atoms with van der Waals surface area (Å²) in [6, 6.07) is 2.05. The van der Waals surface area contributed by atoms with Crippen LogP contribution in [0.1, 0.15) is 31.7 Å². The molecule has 6 nitrogen and oxygen atoms in total. The summed E-state index contributed by atoms with van der Waals surface area (Å²) in [5.41, 5.74) is 1.18. The molecule has 150 valence electrons. The van der Waals surface area contributed by atoms with Gasteiger partial charge in [0.15, 0.2) is 0 Å². The lowest BCUT2D eigenvalue weighted by Crippen LogP contribution is -2.52. The number of methoxy groups -OCH3 is 1. The summed E-state index contributed by atoms with van der Waals surface area (Å²) in [5.74, 6) is 0.410. The minimum atomic E-state index is -0.182. The molecule has 27 heavy (non-hydrogen) atoms. The molecule has 3 fully saturated rings. The van der Waals surface area contributed by atoms with Crippen LogP contribution in [0.25, 0.3) is 0 Å². The summed E-state index contributed by atoms with van der Waals surface area (Å²) in [6.07, 6.45) is 6.82. The van der Waals surface area contributed by atoms with Gasteiger partial charge in [-0.05, 0) is 45.3 Å². The number of rotatable bonds is 6. The molecule has 6 heteroatoms. The van der Waals surface area contributed by atoms with Gasteiger partial charge in [0.2, 0.25) is 5.91 Å². The number of piperidine rings is 1. The molecule has 0 saturated carbocycles. The van der Waals surface area contributed by atoms with Crippen molar-refractivity contribution in [1.82, 2.24) is 14.7 Å². The van der Waals surface area contributed by atoms with E-state index in [-0.39, 0.29) is 10.8 Å². The number of carbonyl (C=O) groups is 1. The fraction of sp³-hybridized carbons (Fsp3) is 0.762. The highest BCUT2D eigenvalue weighted by Crippen LogP contribution is 2.57. The molecule has 1 aromatic rings. The van der Waals surface area contributed by atoms with Crippen LogP contribution < -0.4 is 0 Å². The fourth-order valence-electron chi connectivity index (χ4n) is 5.76. The standard InChI is InChI=1S/C21H33N3O3/c1-3-24-10-7-21(19(24)25)17-23(11-13-26-2)16-20(21)5-8-22(9-6-20)14-18-4-12-27-15-18/h4,12,15H,3,5-11,13-14,16-17H2,1-2H3/t21-/m0/s1. The lowest BCUT2D eigenvalue weighted by molar-refractivity contribution is -0.142. The van der Waals surface area contributed by atoms with Gasteiger partial charge in [-0.2, -0.15) is 0 Å². The van der Waals surface area contributed by atoms with E-state index >= 15 is 0 Å². The van der Waals surface area contributed by atoms with Crippen LogP contribution in [0.4, 0.5) is 0 Å². The maximum absolute atomic E-state index is 13.4. The van der Waals surface area contributed by atoms with Gasteiger partial charge in [0.1, 0.15) is 0 Å². The van der Waals surface area contributed by atoms with Gasteiger partial charge in [0.05, 0.1) is 24.5 Å². The molecular formula is C21H33N3O3. The Bertz CT molecular complexity index is 639. The van der Waals surface area contributed by atoms with Crippen molar-refractivity contribution < 1.29 is 13.9 Å². The van der Waals surface area contributed by atoms with E-state index < -0.39 is 0 Å². The number of ether oxygens (including phenoxy) is 1. The Kier molecular flexibility index (Phi) is 5.32. The SMILES string of the molecule is CCN1CC[C@]2(CN(CCOC)CC23CCN(Cc2ccoc2)CC3)C1=O. The second-order valence-electron chi connectivity index (χ2n) is 8.61. The Hall–Kier alpha value is -1.37. The van der Waals surface area contributed by atoms with E-state index in [0.717, 1.165) is 78.2 Å². The van der Waals surface area contributed by atoms with Crippen molar-refractivity contribution in [3.8, 4) is 0 Å². The molecule has 0 aliphatic carbocycles. The highest BCUT2D eigenvalue weighted by Gasteiger charge is 2.64. The minimum absolute atomic E-state index is 0.120. The number of furan rings is 1. The zero-order valence-electron chi connectivity index (χ0n) is 16.8. The number of amides is 1. The van der Waals surface area contributed by atoms with Crippen molar-refractivity contribution in [2.24, 2.45) is 10.8 Å². The average molecular weight is 376 g/mol. The first kappa shape index (κ1) is 19.0. The molecule has 3 aliphatic heterocycles. The first-order chi connectivity index (χ1) is 13.1. The monoisotopic (exact) mass is 375 g/mol. The third kappa shape index (κ3) is 3.22. The highest BCUT2D eigenvalue weighted by atomic mass is 16.5. The van der Waals surface area contributed by atoms with Crippen LogP contribution in [-0.4, -0.2) is 80.1 Å². The van der Waals surface area contributed by atoms with Crippen LogP contribution in [-0.2, 0) is 16.1 Å². The predicted molar refractivity (Wildman–Crippen MR) is 103 cm³/mol. The second kappa shape index (κ2) is 7.57. The molecule has 4 heterocycles. The van der Waals surface area contributed by atoms with Gasteiger partial charge in [-0.15, -0.1) is 0 Å². The van der Waals surface area contributed by atoms with Crippen LogP contribution in [0.15, 0.2) is 23.0 Å². The maximum atomic E-state index is 13.4. The summed E-state index contributed by atoms with van der Waals surface area (Å²) < 4.78 is 10.5. The summed E-state index contributed by atoms with van der Waals surface area (Å²) in [7, 11) is 1.76. The van der Waals surface area contributed by atoms with Crippen LogP contribution >= 0.6 is 0 Å². The van der Waals surface area contributed by atoms with Gasteiger partial charge >= 0.3 is 0 Å². The molecule has 0 N–H and O–H groups in total. The molecule has 3 saturated heterocycles. The van der Waals surface area contributed by atoms with Crippen molar-refractivity contribution in [1.29, 1.82) is 0 Å². The lowest BCUT2D eigenvalue weighted by Gasteiger charge is -2.47. The van der Waals surface area contributed by atoms with E-state index in [1.54, 1.807) is 13.4 Å². The second-order valence-corrected chi connectivity index (χ2v) is 8.61. The van der Waals surface area contributed by atoms with E-state index in [1.807, 2.05) is 12.3 Å². The largest absolute Gasteiger partial charge is 0.472 e. The van der Waals surface area contributed by atoms with Gasteiger partial charge < -0.3 is 14.1 Å². The van der Waals surface area contributed by atoms with Gasteiger partial charge in [0.25, 0.3) is 0 Å². The zero-order chi connectivity index (χ0) is 18.9. The third-order valence-corrected chi connectivity index (χ3v) is 7.33. The third-order valence-electron chi connectivity index (χ3n) is 7.33. The average Bonchev–Trinajstić information content (AvgIpc) is 3.37. The molecule has 0 bridgehead atoms. The number of carbonyl (C=O) groups excluding carboxylic acids is 1. The van der Waals surface area contributed by atoms with Crippen molar-refractivity contribution in [2.45, 2.75) is 32.7 Å². The molecule has 1 amide bonds. The Morgan fingerprint density at radius 2 is 1.96 bits per heavy atom. The van der Waals surface area contributed by atoms with Crippen LogP contribution in [0.3, 0.4) is 0 Å². The Morgan fingerprint density at radius 1 is 1.15 bits per heavy atom. The molecule has 3 aliphatic rings. The fourth-order valence-corrected chi connectivity index (χ4v) is 5.76. The van der Waals surface area contributed by atoms with Crippen LogP contribution in [0.2, 0.25) is 0 Å². The van der Waals surface area contributed by atoms with Crippen molar-refractivity contribution >= 4 is 5.91 Å². The van der Waals surface area contributed by atoms with E-state index in [0.29, 0.717) is 5.91 Å². The van der Waals surface area contributed by atoms with Crippen LogP contribution in [0, 0.1) is 10.8 Å². The summed E-state index contributed by atoms with van der Waals surface area (Å²) in [6.45, 7) is 10.6. The van der Waals surface area contributed by atoms with Gasteiger partial charge in [-0.25, -0.2) is 0 Å². The molecule has 1 aromatic heterocycles.